The van der Waals surface area contributed by atoms with E-state index in [0.29, 0.717) is 33.5 Å². The highest BCUT2D eigenvalue weighted by Gasteiger charge is 2.14. The van der Waals surface area contributed by atoms with Crippen molar-refractivity contribution in [1.29, 1.82) is 0 Å². The summed E-state index contributed by atoms with van der Waals surface area (Å²) < 4.78 is 35.5. The van der Waals surface area contributed by atoms with Gasteiger partial charge < -0.3 is 9.47 Å². The van der Waals surface area contributed by atoms with E-state index in [9.17, 15) is 13.2 Å². The summed E-state index contributed by atoms with van der Waals surface area (Å²) in [6.07, 6.45) is 1.31. The molecule has 7 nitrogen and oxygen atoms in total. The summed E-state index contributed by atoms with van der Waals surface area (Å²) in [5, 5.41) is 4.72. The van der Waals surface area contributed by atoms with Crippen LogP contribution in [-0.2, 0) is 10.0 Å². The summed E-state index contributed by atoms with van der Waals surface area (Å²) in [4.78, 5) is 14.5. The molecule has 3 aromatic carbocycles. The molecular formula is C22H18Cl2N2O5S. The van der Waals surface area contributed by atoms with Gasteiger partial charge in [-0.3, -0.25) is 0 Å². The first-order chi connectivity index (χ1) is 15.3. The number of nitrogens with zero attached hydrogens (tertiary/aromatic N) is 1. The van der Waals surface area contributed by atoms with Crippen LogP contribution in [0.25, 0.3) is 0 Å². The fourth-order valence-electron chi connectivity index (χ4n) is 2.54. The zero-order valence-corrected chi connectivity index (χ0v) is 19.1. The van der Waals surface area contributed by atoms with E-state index in [1.165, 1.54) is 36.5 Å². The van der Waals surface area contributed by atoms with Crippen LogP contribution in [0.3, 0.4) is 0 Å². The molecule has 3 rings (SSSR count). The summed E-state index contributed by atoms with van der Waals surface area (Å²) >= 11 is 11.6. The number of benzene rings is 3. The van der Waals surface area contributed by atoms with Crippen LogP contribution in [0.4, 0.5) is 0 Å². The van der Waals surface area contributed by atoms with Crippen molar-refractivity contribution < 1.29 is 22.7 Å². The van der Waals surface area contributed by atoms with E-state index in [1.54, 1.807) is 43.3 Å². The fraction of sp³-hybridized carbons (Fsp3) is 0.0909. The number of esters is 1. The third-order valence-corrected chi connectivity index (χ3v) is 5.80. The Labute approximate surface area is 195 Å². The molecule has 166 valence electrons. The van der Waals surface area contributed by atoms with E-state index in [2.05, 4.69) is 9.93 Å². The van der Waals surface area contributed by atoms with E-state index in [1.807, 2.05) is 0 Å². The minimum Gasteiger partial charge on any atom is -0.490 e. The summed E-state index contributed by atoms with van der Waals surface area (Å²) in [7, 11) is -3.84. The molecule has 0 aliphatic heterocycles. The number of halogens is 2. The molecule has 0 aliphatic carbocycles. The van der Waals surface area contributed by atoms with Crippen LogP contribution in [0, 0.1) is 0 Å². The molecule has 10 heteroatoms. The van der Waals surface area contributed by atoms with Crippen molar-refractivity contribution in [2.75, 3.05) is 6.61 Å². The lowest BCUT2D eigenvalue weighted by Crippen LogP contribution is -2.18. The minimum atomic E-state index is -3.84. The molecule has 0 saturated heterocycles. The summed E-state index contributed by atoms with van der Waals surface area (Å²) in [5.41, 5.74) is 0.859. The molecule has 0 spiro atoms. The molecule has 0 saturated carbocycles. The van der Waals surface area contributed by atoms with Crippen molar-refractivity contribution in [3.63, 3.8) is 0 Å². The third-order valence-electron chi connectivity index (χ3n) is 4.06. The second-order valence-corrected chi connectivity index (χ2v) is 8.88. The standard InChI is InChI=1S/C22H18Cl2N2O5S/c1-2-30-21-13-15(14-25-26-32(28,29)19-10-8-18(24)9-11-19)3-12-20(21)31-22(27)16-4-6-17(23)7-5-16/h3-14,26H,2H2,1H3/b25-14+. The van der Waals surface area contributed by atoms with Crippen LogP contribution in [0.15, 0.2) is 76.7 Å². The van der Waals surface area contributed by atoms with E-state index < -0.39 is 16.0 Å². The maximum atomic E-state index is 12.4. The van der Waals surface area contributed by atoms with Gasteiger partial charge in [0.15, 0.2) is 11.5 Å². The van der Waals surface area contributed by atoms with Gasteiger partial charge in [-0.1, -0.05) is 23.2 Å². The van der Waals surface area contributed by atoms with Gasteiger partial charge in [0.1, 0.15) is 0 Å². The maximum Gasteiger partial charge on any atom is 0.343 e. The molecule has 0 atom stereocenters. The highest BCUT2D eigenvalue weighted by molar-refractivity contribution is 7.89. The summed E-state index contributed by atoms with van der Waals surface area (Å²) in [6.45, 7) is 2.11. The number of hydrazone groups is 1. The van der Waals surface area contributed by atoms with Crippen LogP contribution >= 0.6 is 23.2 Å². The first-order valence-corrected chi connectivity index (χ1v) is 11.6. The van der Waals surface area contributed by atoms with Gasteiger partial charge in [-0.05, 0) is 79.2 Å². The van der Waals surface area contributed by atoms with Crippen molar-refractivity contribution in [2.45, 2.75) is 11.8 Å². The Hall–Kier alpha value is -3.07. The van der Waals surface area contributed by atoms with E-state index in [4.69, 9.17) is 32.7 Å². The number of sulfonamides is 1. The van der Waals surface area contributed by atoms with Crippen LogP contribution in [0.5, 0.6) is 11.5 Å². The molecule has 0 unspecified atom stereocenters. The Morgan fingerprint density at radius 2 is 1.59 bits per heavy atom. The molecule has 3 aromatic rings. The predicted molar refractivity (Wildman–Crippen MR) is 123 cm³/mol. The van der Waals surface area contributed by atoms with Crippen molar-refractivity contribution in [1.82, 2.24) is 4.83 Å². The number of hydrogen-bond acceptors (Lipinski definition) is 6. The average molecular weight is 493 g/mol. The van der Waals surface area contributed by atoms with Crippen LogP contribution in [-0.4, -0.2) is 27.2 Å². The van der Waals surface area contributed by atoms with Crippen LogP contribution < -0.4 is 14.3 Å². The largest absolute Gasteiger partial charge is 0.490 e. The number of rotatable bonds is 8. The number of nitrogens with one attached hydrogen (secondary N) is 1. The smallest absolute Gasteiger partial charge is 0.343 e. The van der Waals surface area contributed by atoms with Gasteiger partial charge in [0.2, 0.25) is 0 Å². The molecule has 0 aromatic heterocycles. The van der Waals surface area contributed by atoms with Crippen molar-refractivity contribution in [3.8, 4) is 11.5 Å². The third kappa shape index (κ3) is 6.23. The van der Waals surface area contributed by atoms with Crippen molar-refractivity contribution in [3.05, 3.63) is 87.9 Å². The molecule has 0 bridgehead atoms. The number of carbonyl (C=O) groups excluding carboxylic acids is 1. The Morgan fingerprint density at radius 1 is 0.969 bits per heavy atom. The first-order valence-electron chi connectivity index (χ1n) is 9.33. The Morgan fingerprint density at radius 3 is 2.22 bits per heavy atom. The molecule has 32 heavy (non-hydrogen) atoms. The predicted octanol–water partition coefficient (Wildman–Crippen LogP) is 4.92. The molecule has 0 heterocycles. The molecule has 0 radical (unpaired) electrons. The van der Waals surface area contributed by atoms with Crippen LogP contribution in [0.2, 0.25) is 10.0 Å². The monoisotopic (exact) mass is 492 g/mol. The normalized spacial score (nSPS) is 11.3. The summed E-state index contributed by atoms with van der Waals surface area (Å²) in [5.74, 6) is -0.0511. The zero-order chi connectivity index (χ0) is 23.1. The van der Waals surface area contributed by atoms with Gasteiger partial charge in [-0.2, -0.15) is 13.5 Å². The number of hydrogen-bond donors (Lipinski definition) is 1. The Balaban J connectivity index is 1.74. The quantitative estimate of drug-likeness (QED) is 0.208. The van der Waals surface area contributed by atoms with Gasteiger partial charge in [0, 0.05) is 10.0 Å². The van der Waals surface area contributed by atoms with Crippen molar-refractivity contribution >= 4 is 45.4 Å². The van der Waals surface area contributed by atoms with E-state index >= 15 is 0 Å². The number of ether oxygens (including phenoxy) is 2. The average Bonchev–Trinajstić information content (AvgIpc) is 2.76. The highest BCUT2D eigenvalue weighted by atomic mass is 35.5. The Bertz CT molecular complexity index is 1230. The molecule has 0 amide bonds. The van der Waals surface area contributed by atoms with Gasteiger partial charge in [0.05, 0.1) is 23.3 Å². The highest BCUT2D eigenvalue weighted by Crippen LogP contribution is 2.29. The second kappa shape index (κ2) is 10.5. The molecule has 0 aliphatic rings. The van der Waals surface area contributed by atoms with E-state index in [-0.39, 0.29) is 10.6 Å². The topological polar surface area (TPSA) is 94.1 Å². The van der Waals surface area contributed by atoms with Crippen molar-refractivity contribution in [2.24, 2.45) is 5.10 Å². The van der Waals surface area contributed by atoms with Gasteiger partial charge in [-0.15, -0.1) is 0 Å². The molecule has 1 N–H and O–H groups in total. The Kier molecular flexibility index (Phi) is 7.74. The molecule has 0 fully saturated rings. The van der Waals surface area contributed by atoms with Gasteiger partial charge >= 0.3 is 5.97 Å². The minimum absolute atomic E-state index is 0.0264. The van der Waals surface area contributed by atoms with Gasteiger partial charge in [-0.25, -0.2) is 9.63 Å². The lowest BCUT2D eigenvalue weighted by molar-refractivity contribution is 0.0728. The maximum absolute atomic E-state index is 12.4. The fourth-order valence-corrected chi connectivity index (χ4v) is 3.58. The van der Waals surface area contributed by atoms with E-state index in [0.717, 1.165) is 0 Å². The van der Waals surface area contributed by atoms with Crippen LogP contribution in [0.1, 0.15) is 22.8 Å². The summed E-state index contributed by atoms with van der Waals surface area (Å²) in [6, 6.07) is 16.7. The first kappa shape index (κ1) is 23.6. The zero-order valence-electron chi connectivity index (χ0n) is 16.8. The lowest BCUT2D eigenvalue weighted by atomic mass is 10.2. The molecular weight excluding hydrogens is 475 g/mol. The van der Waals surface area contributed by atoms with Gasteiger partial charge in [0.25, 0.3) is 10.0 Å². The second-order valence-electron chi connectivity index (χ2n) is 6.34. The lowest BCUT2D eigenvalue weighted by Gasteiger charge is -2.11. The SMILES string of the molecule is CCOc1cc(/C=N/NS(=O)(=O)c2ccc(Cl)cc2)ccc1OC(=O)c1ccc(Cl)cc1. The number of carbonyl (C=O) groups is 1.